The number of H-pyrrole nitrogens is 1. The Morgan fingerprint density at radius 1 is 1.60 bits per heavy atom. The average Bonchev–Trinajstić information content (AvgIpc) is 2.21. The van der Waals surface area contributed by atoms with Crippen LogP contribution < -0.4 is 11.2 Å². The first-order valence-electron chi connectivity index (χ1n) is 4.39. The quantitative estimate of drug-likeness (QED) is 0.621. The number of aliphatic hydroxyl groups excluding tert-OH is 1. The molecule has 2 unspecified atom stereocenters. The Kier molecular flexibility index (Phi) is 4.68. The van der Waals surface area contributed by atoms with Crippen LogP contribution in [0.1, 0.15) is 0 Å². The molecule has 0 aromatic carbocycles. The maximum absolute atomic E-state index is 11.3. The Morgan fingerprint density at radius 3 is 2.87 bits per heavy atom. The summed E-state index contributed by atoms with van der Waals surface area (Å²) in [7, 11) is 2.36. The van der Waals surface area contributed by atoms with E-state index < -0.39 is 17.4 Å². The molecule has 0 aliphatic rings. The third-order valence-electron chi connectivity index (χ3n) is 1.83. The molecular weight excluding hydrogens is 219 g/mol. The van der Waals surface area contributed by atoms with Gasteiger partial charge in [-0.1, -0.05) is 0 Å². The SMILES string of the molecule is O=c1ccn(CC(CO)OCP)c(=O)[nH]1. The fourth-order valence-corrected chi connectivity index (χ4v) is 1.38. The maximum atomic E-state index is 11.3. The topological polar surface area (TPSA) is 84.3 Å². The normalized spacial score (nSPS) is 12.7. The summed E-state index contributed by atoms with van der Waals surface area (Å²) in [5.41, 5.74) is -0.947. The van der Waals surface area contributed by atoms with Gasteiger partial charge in [-0.3, -0.25) is 14.3 Å². The predicted molar refractivity (Wildman–Crippen MR) is 57.9 cm³/mol. The molecule has 0 saturated heterocycles. The summed E-state index contributed by atoms with van der Waals surface area (Å²) in [6, 6.07) is 1.25. The van der Waals surface area contributed by atoms with Gasteiger partial charge < -0.3 is 9.84 Å². The number of rotatable bonds is 5. The number of aromatic nitrogens is 2. The molecule has 1 heterocycles. The number of hydrogen-bond donors (Lipinski definition) is 2. The first-order valence-corrected chi connectivity index (χ1v) is 5.21. The van der Waals surface area contributed by atoms with Crippen molar-refractivity contribution >= 4 is 9.24 Å². The van der Waals surface area contributed by atoms with E-state index in [1.54, 1.807) is 0 Å². The summed E-state index contributed by atoms with van der Waals surface area (Å²) in [6.45, 7) is 0.0283. The largest absolute Gasteiger partial charge is 0.394 e. The Balaban J connectivity index is 2.79. The summed E-state index contributed by atoms with van der Waals surface area (Å²) in [4.78, 5) is 24.2. The van der Waals surface area contributed by atoms with Gasteiger partial charge in [0.05, 0.1) is 25.6 Å². The van der Waals surface area contributed by atoms with E-state index in [9.17, 15) is 9.59 Å². The van der Waals surface area contributed by atoms with Gasteiger partial charge in [0.1, 0.15) is 0 Å². The minimum atomic E-state index is -0.506. The lowest BCUT2D eigenvalue weighted by molar-refractivity contribution is 0.0275. The Bertz CT molecular complexity index is 414. The van der Waals surface area contributed by atoms with E-state index in [2.05, 4.69) is 14.2 Å². The van der Waals surface area contributed by atoms with Gasteiger partial charge in [0.25, 0.3) is 5.56 Å². The van der Waals surface area contributed by atoms with E-state index in [0.717, 1.165) is 0 Å². The summed E-state index contributed by atoms with van der Waals surface area (Å²) in [5, 5.41) is 8.94. The monoisotopic (exact) mass is 232 g/mol. The molecule has 7 heteroatoms. The maximum Gasteiger partial charge on any atom is 0.328 e. The second-order valence-electron chi connectivity index (χ2n) is 2.90. The molecule has 0 aliphatic carbocycles. The van der Waals surface area contributed by atoms with Crippen molar-refractivity contribution in [3.63, 3.8) is 0 Å². The van der Waals surface area contributed by atoms with Gasteiger partial charge >= 0.3 is 5.69 Å². The number of ether oxygens (including phenoxy) is 1. The van der Waals surface area contributed by atoms with Crippen molar-refractivity contribution in [2.24, 2.45) is 0 Å². The Labute approximate surface area is 88.1 Å². The third-order valence-corrected chi connectivity index (χ3v) is 2.03. The molecule has 1 aromatic heterocycles. The van der Waals surface area contributed by atoms with Crippen molar-refractivity contribution in [3.05, 3.63) is 33.1 Å². The van der Waals surface area contributed by atoms with Crippen molar-refractivity contribution in [1.82, 2.24) is 9.55 Å². The molecule has 0 radical (unpaired) electrons. The minimum Gasteiger partial charge on any atom is -0.394 e. The van der Waals surface area contributed by atoms with Crippen LogP contribution in [0.4, 0.5) is 0 Å². The molecule has 1 rings (SSSR count). The molecule has 6 nitrogen and oxygen atoms in total. The lowest BCUT2D eigenvalue weighted by atomic mass is 10.3. The van der Waals surface area contributed by atoms with Gasteiger partial charge in [-0.2, -0.15) is 0 Å². The van der Waals surface area contributed by atoms with Crippen molar-refractivity contribution in [3.8, 4) is 0 Å². The highest BCUT2D eigenvalue weighted by atomic mass is 31.0. The molecule has 0 aliphatic heterocycles. The Hall–Kier alpha value is -0.970. The second kappa shape index (κ2) is 5.80. The van der Waals surface area contributed by atoms with Crippen molar-refractivity contribution in [2.45, 2.75) is 12.6 Å². The van der Waals surface area contributed by atoms with E-state index in [0.29, 0.717) is 6.35 Å². The van der Waals surface area contributed by atoms with Crippen LogP contribution in [-0.4, -0.2) is 33.7 Å². The number of nitrogens with one attached hydrogen (secondary N) is 1. The Morgan fingerprint density at radius 2 is 2.33 bits per heavy atom. The zero-order valence-electron chi connectivity index (χ0n) is 8.05. The van der Waals surface area contributed by atoms with Crippen LogP contribution in [0.5, 0.6) is 0 Å². The second-order valence-corrected chi connectivity index (χ2v) is 3.23. The summed E-state index contributed by atoms with van der Waals surface area (Å²) < 4.78 is 6.42. The highest BCUT2D eigenvalue weighted by molar-refractivity contribution is 7.16. The average molecular weight is 232 g/mol. The molecule has 0 amide bonds. The molecule has 15 heavy (non-hydrogen) atoms. The predicted octanol–water partition coefficient (Wildman–Crippen LogP) is -1.25. The van der Waals surface area contributed by atoms with Crippen LogP contribution in [0, 0.1) is 0 Å². The molecular formula is C8H13N2O4P. The summed E-state index contributed by atoms with van der Waals surface area (Å²) in [6.07, 6.45) is 1.30. The summed E-state index contributed by atoms with van der Waals surface area (Å²) in [5.74, 6) is 0. The van der Waals surface area contributed by atoms with Crippen molar-refractivity contribution < 1.29 is 9.84 Å². The molecule has 0 bridgehead atoms. The van der Waals surface area contributed by atoms with Gasteiger partial charge in [0.15, 0.2) is 0 Å². The van der Waals surface area contributed by atoms with Crippen LogP contribution in [-0.2, 0) is 11.3 Å². The van der Waals surface area contributed by atoms with E-state index in [1.807, 2.05) is 0 Å². The van der Waals surface area contributed by atoms with E-state index in [1.165, 1.54) is 16.8 Å². The van der Waals surface area contributed by atoms with Crippen LogP contribution in [0.15, 0.2) is 21.9 Å². The highest BCUT2D eigenvalue weighted by Crippen LogP contribution is 1.96. The van der Waals surface area contributed by atoms with Gasteiger partial charge in [0, 0.05) is 12.3 Å². The molecule has 0 saturated carbocycles. The fourth-order valence-electron chi connectivity index (χ4n) is 1.11. The van der Waals surface area contributed by atoms with Crippen LogP contribution in [0.3, 0.4) is 0 Å². The molecule has 2 N–H and O–H groups in total. The van der Waals surface area contributed by atoms with Gasteiger partial charge in [-0.05, 0) is 0 Å². The first-order chi connectivity index (χ1) is 7.17. The summed E-state index contributed by atoms with van der Waals surface area (Å²) >= 11 is 0. The number of hydrogen-bond acceptors (Lipinski definition) is 4. The van der Waals surface area contributed by atoms with Crippen LogP contribution in [0.2, 0.25) is 0 Å². The first kappa shape index (κ1) is 12.1. The van der Waals surface area contributed by atoms with Gasteiger partial charge in [-0.15, -0.1) is 9.24 Å². The van der Waals surface area contributed by atoms with Crippen molar-refractivity contribution in [1.29, 1.82) is 0 Å². The number of aliphatic hydroxyl groups is 1. The number of aromatic amines is 1. The number of nitrogens with zero attached hydrogens (tertiary/aromatic N) is 1. The van der Waals surface area contributed by atoms with Gasteiger partial charge in [0.2, 0.25) is 0 Å². The molecule has 0 fully saturated rings. The zero-order valence-corrected chi connectivity index (χ0v) is 9.20. The van der Waals surface area contributed by atoms with E-state index in [-0.39, 0.29) is 13.2 Å². The van der Waals surface area contributed by atoms with E-state index in [4.69, 9.17) is 9.84 Å². The molecule has 84 valence electrons. The molecule has 0 spiro atoms. The standard InChI is InChI=1S/C8H13N2O4P/c11-4-6(14-5-15)3-10-2-1-7(12)9-8(10)13/h1-2,6,11H,3-5,15H2,(H,9,12,13). The lowest BCUT2D eigenvalue weighted by Crippen LogP contribution is -2.34. The lowest BCUT2D eigenvalue weighted by Gasteiger charge is -2.14. The van der Waals surface area contributed by atoms with Crippen LogP contribution in [0.25, 0.3) is 0 Å². The van der Waals surface area contributed by atoms with Crippen molar-refractivity contribution in [2.75, 3.05) is 13.0 Å². The molecule has 1 aromatic rings. The third kappa shape index (κ3) is 3.58. The van der Waals surface area contributed by atoms with Gasteiger partial charge in [-0.25, -0.2) is 4.79 Å². The van der Waals surface area contributed by atoms with E-state index >= 15 is 0 Å². The smallest absolute Gasteiger partial charge is 0.328 e. The molecule has 2 atom stereocenters. The fraction of sp³-hybridized carbons (Fsp3) is 0.500. The highest BCUT2D eigenvalue weighted by Gasteiger charge is 2.08. The van der Waals surface area contributed by atoms with Crippen LogP contribution >= 0.6 is 9.24 Å². The minimum absolute atomic E-state index is 0.181. The zero-order chi connectivity index (χ0) is 11.3.